The molecule has 0 spiro atoms. The highest BCUT2D eigenvalue weighted by Gasteiger charge is 2.35. The predicted octanol–water partition coefficient (Wildman–Crippen LogP) is 4.58. The first kappa shape index (κ1) is 27.5. The van der Waals surface area contributed by atoms with E-state index in [0.29, 0.717) is 43.3 Å². The van der Waals surface area contributed by atoms with E-state index in [2.05, 4.69) is 20.6 Å². The Morgan fingerprint density at radius 2 is 1.93 bits per heavy atom. The molecule has 2 amide bonds. The average molecular weight is 550 g/mol. The second-order valence-corrected chi connectivity index (χ2v) is 9.89. The lowest BCUT2D eigenvalue weighted by Gasteiger charge is -2.21. The Balaban J connectivity index is 1.42. The molecular weight excluding hydrogens is 516 g/mol. The number of carbonyl (C=O) groups is 1. The molecule has 2 aromatic carbocycles. The van der Waals surface area contributed by atoms with Gasteiger partial charge in [-0.15, -0.1) is 0 Å². The number of aromatic nitrogens is 4. The van der Waals surface area contributed by atoms with Crippen LogP contribution in [0.25, 0.3) is 16.9 Å². The third kappa shape index (κ3) is 5.75. The van der Waals surface area contributed by atoms with Gasteiger partial charge in [0.15, 0.2) is 11.6 Å². The van der Waals surface area contributed by atoms with Gasteiger partial charge >= 0.3 is 6.03 Å². The summed E-state index contributed by atoms with van der Waals surface area (Å²) in [5.74, 6) is -1.50. The number of ether oxygens (including phenoxy) is 1. The maximum atomic E-state index is 14.1. The van der Waals surface area contributed by atoms with Gasteiger partial charge in [0.05, 0.1) is 24.5 Å². The molecule has 2 atom stereocenters. The van der Waals surface area contributed by atoms with Crippen molar-refractivity contribution in [2.75, 3.05) is 38.7 Å². The number of nitrogens with one attached hydrogen (secondary N) is 2. The molecule has 0 aliphatic carbocycles. The smallest absolute Gasteiger partial charge is 0.320 e. The number of urea groups is 1. The molecule has 0 bridgehead atoms. The van der Waals surface area contributed by atoms with Crippen LogP contribution in [0.15, 0.2) is 60.9 Å². The Bertz CT molecular complexity index is 1470. The highest BCUT2D eigenvalue weighted by molar-refractivity contribution is 5.91. The van der Waals surface area contributed by atoms with Gasteiger partial charge in [-0.05, 0) is 43.7 Å². The molecule has 9 nitrogen and oxygen atoms in total. The molecule has 210 valence electrons. The Morgan fingerprint density at radius 1 is 1.12 bits per heavy atom. The summed E-state index contributed by atoms with van der Waals surface area (Å²) in [5.41, 5.74) is 3.77. The first-order valence-electron chi connectivity index (χ1n) is 13.3. The molecule has 0 radical (unpaired) electrons. The summed E-state index contributed by atoms with van der Waals surface area (Å²) in [4.78, 5) is 15.6. The second kappa shape index (κ2) is 12.0. The topological polar surface area (TPSA) is 89.2 Å². The molecule has 2 aromatic heterocycles. The Morgan fingerprint density at radius 3 is 2.62 bits per heavy atom. The highest BCUT2D eigenvalue weighted by Crippen LogP contribution is 2.32. The van der Waals surface area contributed by atoms with E-state index < -0.39 is 17.7 Å². The zero-order valence-corrected chi connectivity index (χ0v) is 22.8. The van der Waals surface area contributed by atoms with E-state index in [1.807, 2.05) is 55.1 Å². The first-order valence-corrected chi connectivity index (χ1v) is 13.3. The number of hydrogen-bond donors (Lipinski definition) is 2. The fourth-order valence-corrected chi connectivity index (χ4v) is 5.16. The first-order chi connectivity index (χ1) is 19.4. The number of hydrogen-bond acceptors (Lipinski definition) is 5. The summed E-state index contributed by atoms with van der Waals surface area (Å²) in [6.45, 7) is 6.95. The number of halogens is 2. The van der Waals surface area contributed by atoms with E-state index in [1.54, 1.807) is 24.1 Å². The summed E-state index contributed by atoms with van der Waals surface area (Å²) < 4.78 is 36.5. The summed E-state index contributed by atoms with van der Waals surface area (Å²) in [6.07, 6.45) is 3.69. The molecule has 40 heavy (non-hydrogen) atoms. The standard InChI is InChI=1S/C29H33F2N7O2/c1-4-37-16-21(15-32-37)27-19(2)28(38(35-27)22-8-6-5-7-9-22)34-29(39)33-26-18-36(12-13-40-3)17-23(26)20-10-11-24(30)25(31)14-20/h5-11,14-16,23,26H,4,12-13,17-18H2,1-3H3,(H2,33,34,39). The Hall–Kier alpha value is -4.09. The quantitative estimate of drug-likeness (QED) is 0.319. The van der Waals surface area contributed by atoms with Crippen LogP contribution in [0, 0.1) is 18.6 Å². The van der Waals surface area contributed by atoms with Gasteiger partial charge in [0.1, 0.15) is 11.5 Å². The number of carbonyl (C=O) groups excluding carboxylic acids is 1. The number of rotatable bonds is 9. The van der Waals surface area contributed by atoms with Crippen LogP contribution in [0.2, 0.25) is 0 Å². The third-order valence-corrected chi connectivity index (χ3v) is 7.28. The summed E-state index contributed by atoms with van der Waals surface area (Å²) >= 11 is 0. The molecule has 1 aliphatic rings. The van der Waals surface area contributed by atoms with Crippen molar-refractivity contribution in [2.45, 2.75) is 32.4 Å². The van der Waals surface area contributed by atoms with Crippen molar-refractivity contribution in [3.8, 4) is 16.9 Å². The fraction of sp³-hybridized carbons (Fsp3) is 0.345. The van der Waals surface area contributed by atoms with Crippen LogP contribution < -0.4 is 10.6 Å². The third-order valence-electron chi connectivity index (χ3n) is 7.28. The van der Waals surface area contributed by atoms with E-state index in [1.165, 1.54) is 6.07 Å². The molecule has 1 fully saturated rings. The van der Waals surface area contributed by atoms with E-state index in [0.717, 1.165) is 29.4 Å². The van der Waals surface area contributed by atoms with Gasteiger partial charge in [-0.2, -0.15) is 10.2 Å². The minimum atomic E-state index is -0.905. The molecule has 1 aliphatic heterocycles. The number of anilines is 1. The van der Waals surface area contributed by atoms with Gasteiger partial charge in [0.2, 0.25) is 0 Å². The van der Waals surface area contributed by atoms with Crippen molar-refractivity contribution in [2.24, 2.45) is 0 Å². The normalized spacial score (nSPS) is 17.3. The van der Waals surface area contributed by atoms with Crippen LogP contribution >= 0.6 is 0 Å². The maximum absolute atomic E-state index is 14.1. The summed E-state index contributed by atoms with van der Waals surface area (Å²) in [6, 6.07) is 12.7. The largest absolute Gasteiger partial charge is 0.383 e. The summed E-state index contributed by atoms with van der Waals surface area (Å²) in [5, 5.41) is 15.3. The highest BCUT2D eigenvalue weighted by atomic mass is 19.2. The number of amides is 2. The maximum Gasteiger partial charge on any atom is 0.320 e. The number of para-hydroxylation sites is 1. The number of likely N-dealkylation sites (tertiary alicyclic amines) is 1. The lowest BCUT2D eigenvalue weighted by molar-refractivity contribution is 0.159. The fourth-order valence-electron chi connectivity index (χ4n) is 5.16. The van der Waals surface area contributed by atoms with Crippen molar-refractivity contribution >= 4 is 11.8 Å². The summed E-state index contributed by atoms with van der Waals surface area (Å²) in [7, 11) is 1.63. The van der Waals surface area contributed by atoms with Crippen molar-refractivity contribution in [1.29, 1.82) is 0 Å². The number of nitrogens with zero attached hydrogens (tertiary/aromatic N) is 5. The van der Waals surface area contributed by atoms with Crippen LogP contribution in [-0.2, 0) is 11.3 Å². The van der Waals surface area contributed by atoms with Gasteiger partial charge in [-0.25, -0.2) is 18.3 Å². The SMILES string of the molecule is CCn1cc(-c2nn(-c3ccccc3)c(NC(=O)NC3CN(CCOC)CC3c3ccc(F)c(F)c3)c2C)cn1. The van der Waals surface area contributed by atoms with Gasteiger partial charge < -0.3 is 10.1 Å². The predicted molar refractivity (Wildman–Crippen MR) is 149 cm³/mol. The van der Waals surface area contributed by atoms with Crippen LogP contribution in [-0.4, -0.2) is 69.9 Å². The van der Waals surface area contributed by atoms with Gasteiger partial charge in [-0.3, -0.25) is 14.9 Å². The number of benzene rings is 2. The lowest BCUT2D eigenvalue weighted by atomic mass is 9.94. The van der Waals surface area contributed by atoms with Crippen molar-refractivity contribution in [3.05, 3.63) is 83.7 Å². The second-order valence-electron chi connectivity index (χ2n) is 9.89. The molecule has 3 heterocycles. The molecule has 2 N–H and O–H groups in total. The number of methoxy groups -OCH3 is 1. The van der Waals surface area contributed by atoms with Gasteiger partial charge in [0.25, 0.3) is 0 Å². The van der Waals surface area contributed by atoms with Crippen LogP contribution in [0.1, 0.15) is 24.0 Å². The number of aryl methyl sites for hydroxylation is 1. The molecule has 5 rings (SSSR count). The van der Waals surface area contributed by atoms with Crippen molar-refractivity contribution in [1.82, 2.24) is 29.8 Å². The zero-order valence-electron chi connectivity index (χ0n) is 22.8. The van der Waals surface area contributed by atoms with Crippen LogP contribution in [0.4, 0.5) is 19.4 Å². The molecular formula is C29H33F2N7O2. The molecule has 1 saturated heterocycles. The molecule has 4 aromatic rings. The molecule has 11 heteroatoms. The molecule has 2 unspecified atom stereocenters. The van der Waals surface area contributed by atoms with E-state index in [9.17, 15) is 13.6 Å². The van der Waals surface area contributed by atoms with Crippen molar-refractivity contribution in [3.63, 3.8) is 0 Å². The van der Waals surface area contributed by atoms with Crippen LogP contribution in [0.5, 0.6) is 0 Å². The van der Waals surface area contributed by atoms with E-state index in [-0.39, 0.29) is 12.0 Å². The van der Waals surface area contributed by atoms with Crippen molar-refractivity contribution < 1.29 is 18.3 Å². The van der Waals surface area contributed by atoms with E-state index >= 15 is 0 Å². The minimum absolute atomic E-state index is 0.228. The van der Waals surface area contributed by atoms with Crippen LogP contribution in [0.3, 0.4) is 0 Å². The van der Waals surface area contributed by atoms with Gasteiger partial charge in [-0.1, -0.05) is 24.3 Å². The zero-order chi connectivity index (χ0) is 28.2. The lowest BCUT2D eigenvalue weighted by Crippen LogP contribution is -2.42. The Kier molecular flexibility index (Phi) is 8.22. The Labute approximate surface area is 231 Å². The average Bonchev–Trinajstić information content (AvgIpc) is 3.67. The van der Waals surface area contributed by atoms with E-state index in [4.69, 9.17) is 9.84 Å². The molecule has 0 saturated carbocycles. The van der Waals surface area contributed by atoms with Gasteiger partial charge in [0, 0.05) is 56.5 Å². The minimum Gasteiger partial charge on any atom is -0.383 e. The monoisotopic (exact) mass is 549 g/mol.